The molecule has 1 radical (unpaired) electrons. The van der Waals surface area contributed by atoms with Crippen molar-refractivity contribution < 1.29 is 40.8 Å². The maximum Gasteiger partial charge on any atom is 3.00 e. The summed E-state index contributed by atoms with van der Waals surface area (Å²) < 4.78 is 0. The van der Waals surface area contributed by atoms with E-state index >= 15 is 0 Å². The van der Waals surface area contributed by atoms with Crippen LogP contribution < -0.4 is 0 Å². The summed E-state index contributed by atoms with van der Waals surface area (Å²) in [5, 5.41) is 0. The molecule has 1 heteroatoms. The molecule has 1 rings (SSSR count). The Kier molecular flexibility index (Phi) is 11.3. The van der Waals surface area contributed by atoms with Crippen molar-refractivity contribution in [2.75, 3.05) is 0 Å². The molecule has 69 valence electrons. The van der Waals surface area contributed by atoms with Crippen LogP contribution in [0.3, 0.4) is 0 Å². The number of rotatable bonds is 3. The first kappa shape index (κ1) is 16.0. The van der Waals surface area contributed by atoms with Gasteiger partial charge in [-0.25, -0.2) is 0 Å². The first-order chi connectivity index (χ1) is 5.38. The zero-order valence-corrected chi connectivity index (χ0v) is 11.5. The zero-order chi connectivity index (χ0) is 8.10. The SMILES string of the molecule is [CH2-]CC(C[CH2-])c1ccccc1.[CH3-].[Nd+3]. The van der Waals surface area contributed by atoms with Crippen LogP contribution in [-0.2, 0) is 0 Å². The molecule has 0 unspecified atom stereocenters. The van der Waals surface area contributed by atoms with Gasteiger partial charge in [-0.1, -0.05) is 36.2 Å². The Morgan fingerprint density at radius 1 is 1.00 bits per heavy atom. The summed E-state index contributed by atoms with van der Waals surface area (Å²) in [6, 6.07) is 10.4. The summed E-state index contributed by atoms with van der Waals surface area (Å²) in [6.07, 6.45) is 1.88. The second-order valence-electron chi connectivity index (χ2n) is 2.68. The number of benzene rings is 1. The van der Waals surface area contributed by atoms with E-state index in [4.69, 9.17) is 0 Å². The second-order valence-corrected chi connectivity index (χ2v) is 2.68. The summed E-state index contributed by atoms with van der Waals surface area (Å²) in [6.45, 7) is 7.79. The van der Waals surface area contributed by atoms with Crippen LogP contribution in [-0.4, -0.2) is 0 Å². The van der Waals surface area contributed by atoms with Gasteiger partial charge in [0.2, 0.25) is 0 Å². The van der Waals surface area contributed by atoms with E-state index in [1.165, 1.54) is 5.56 Å². The van der Waals surface area contributed by atoms with Gasteiger partial charge >= 0.3 is 40.8 Å². The van der Waals surface area contributed by atoms with Crippen LogP contribution in [0.4, 0.5) is 0 Å². The average Bonchev–Trinajstić information content (AvgIpc) is 2.09. The van der Waals surface area contributed by atoms with Gasteiger partial charge in [0.25, 0.3) is 0 Å². The van der Waals surface area contributed by atoms with Crippen molar-refractivity contribution in [2.24, 2.45) is 0 Å². The third kappa shape index (κ3) is 5.12. The molecule has 0 aliphatic rings. The molecular weight excluding hydrogens is 288 g/mol. The van der Waals surface area contributed by atoms with Crippen molar-refractivity contribution in [3.05, 3.63) is 57.2 Å². The minimum atomic E-state index is 0. The second kappa shape index (κ2) is 9.14. The average molecular weight is 306 g/mol. The van der Waals surface area contributed by atoms with Crippen molar-refractivity contribution >= 4 is 0 Å². The minimum Gasteiger partial charge on any atom is -0.358 e. The normalized spacial score (nSPS) is 8.85. The van der Waals surface area contributed by atoms with E-state index < -0.39 is 0 Å². The molecule has 0 bridgehead atoms. The predicted molar refractivity (Wildman–Crippen MR) is 55.5 cm³/mol. The number of hydrogen-bond acceptors (Lipinski definition) is 0. The molecular formula is C12H17Nd. The maximum absolute atomic E-state index is 3.89. The molecule has 0 fully saturated rings. The van der Waals surface area contributed by atoms with Crippen molar-refractivity contribution in [2.45, 2.75) is 18.8 Å². The van der Waals surface area contributed by atoms with Gasteiger partial charge in [-0.15, -0.1) is 0 Å². The fourth-order valence-corrected chi connectivity index (χ4v) is 1.20. The van der Waals surface area contributed by atoms with Gasteiger partial charge in [0, 0.05) is 0 Å². The Morgan fingerprint density at radius 3 is 1.85 bits per heavy atom. The Labute approximate surface area is 116 Å². The van der Waals surface area contributed by atoms with Crippen LogP contribution in [0.1, 0.15) is 24.3 Å². The molecule has 0 saturated heterocycles. The van der Waals surface area contributed by atoms with Gasteiger partial charge in [0.05, 0.1) is 0 Å². The molecule has 0 heterocycles. The van der Waals surface area contributed by atoms with Crippen LogP contribution in [0.25, 0.3) is 0 Å². The topological polar surface area (TPSA) is 0 Å². The van der Waals surface area contributed by atoms with Crippen molar-refractivity contribution in [3.63, 3.8) is 0 Å². The summed E-state index contributed by atoms with van der Waals surface area (Å²) in [7, 11) is 0. The molecule has 0 spiro atoms. The summed E-state index contributed by atoms with van der Waals surface area (Å²) in [5.41, 5.74) is 1.36. The van der Waals surface area contributed by atoms with E-state index in [0.29, 0.717) is 5.92 Å². The van der Waals surface area contributed by atoms with Crippen LogP contribution in [0.2, 0.25) is 0 Å². The number of hydrogen-bond donors (Lipinski definition) is 0. The van der Waals surface area contributed by atoms with Crippen LogP contribution >= 0.6 is 0 Å². The van der Waals surface area contributed by atoms with Gasteiger partial charge < -0.3 is 21.3 Å². The van der Waals surface area contributed by atoms with E-state index in [1.807, 2.05) is 6.07 Å². The van der Waals surface area contributed by atoms with E-state index in [-0.39, 0.29) is 48.3 Å². The summed E-state index contributed by atoms with van der Waals surface area (Å²) in [5.74, 6) is 0.538. The molecule has 1 aromatic rings. The Bertz CT molecular complexity index is 190. The van der Waals surface area contributed by atoms with Crippen LogP contribution in [0.5, 0.6) is 0 Å². The van der Waals surface area contributed by atoms with E-state index in [1.54, 1.807) is 0 Å². The van der Waals surface area contributed by atoms with Gasteiger partial charge in [0.1, 0.15) is 0 Å². The maximum atomic E-state index is 3.89. The van der Waals surface area contributed by atoms with E-state index in [9.17, 15) is 0 Å². The molecule has 13 heavy (non-hydrogen) atoms. The molecule has 1 aromatic carbocycles. The minimum absolute atomic E-state index is 0. The smallest absolute Gasteiger partial charge is 0.358 e. The van der Waals surface area contributed by atoms with Crippen molar-refractivity contribution in [1.82, 2.24) is 0 Å². The quantitative estimate of drug-likeness (QED) is 0.748. The Hall–Kier alpha value is 0.571. The van der Waals surface area contributed by atoms with E-state index in [0.717, 1.165) is 12.8 Å². The Morgan fingerprint density at radius 2 is 1.46 bits per heavy atom. The predicted octanol–water partition coefficient (Wildman–Crippen LogP) is 3.67. The standard InChI is InChI=1S/C11H14.CH3.Nd/c1-3-10(4-2)11-8-6-5-7-9-11;;/h5-10H,1-4H2;1H3;/q-2;-1;+3. The fourth-order valence-electron chi connectivity index (χ4n) is 1.20. The molecule has 0 aliphatic carbocycles. The largest absolute Gasteiger partial charge is 3.00 e. The third-order valence-corrected chi connectivity index (χ3v) is 1.97. The third-order valence-electron chi connectivity index (χ3n) is 1.97. The van der Waals surface area contributed by atoms with Crippen molar-refractivity contribution in [1.29, 1.82) is 0 Å². The molecule has 0 aliphatic heterocycles. The monoisotopic (exact) mass is 303 g/mol. The molecule has 0 N–H and O–H groups in total. The zero-order valence-electron chi connectivity index (χ0n) is 8.29. The van der Waals surface area contributed by atoms with Crippen LogP contribution in [0.15, 0.2) is 30.3 Å². The summed E-state index contributed by atoms with van der Waals surface area (Å²) >= 11 is 0. The van der Waals surface area contributed by atoms with Gasteiger partial charge in [-0.3, -0.25) is 0 Å². The molecule has 0 nitrogen and oxygen atoms in total. The molecule has 0 amide bonds. The van der Waals surface area contributed by atoms with Gasteiger partial charge in [0.15, 0.2) is 0 Å². The first-order valence-corrected chi connectivity index (χ1v) is 4.02. The van der Waals surface area contributed by atoms with Gasteiger partial charge in [-0.05, 0) is 5.56 Å². The van der Waals surface area contributed by atoms with Gasteiger partial charge in [-0.2, -0.15) is 12.8 Å². The van der Waals surface area contributed by atoms with E-state index in [2.05, 4.69) is 38.1 Å². The molecule has 0 atom stereocenters. The molecule has 0 aromatic heterocycles. The summed E-state index contributed by atoms with van der Waals surface area (Å²) in [4.78, 5) is 0. The van der Waals surface area contributed by atoms with Crippen molar-refractivity contribution in [3.8, 4) is 0 Å². The fraction of sp³-hybridized carbons (Fsp3) is 0.250. The Balaban J connectivity index is 0. The molecule has 0 saturated carbocycles. The first-order valence-electron chi connectivity index (χ1n) is 4.02. The van der Waals surface area contributed by atoms with Crippen LogP contribution in [0, 0.1) is 62.1 Å².